The first-order valence-electron chi connectivity index (χ1n) is 12.1. The summed E-state index contributed by atoms with van der Waals surface area (Å²) in [6.07, 6.45) is 8.30. The lowest BCUT2D eigenvalue weighted by molar-refractivity contribution is 0.0429. The van der Waals surface area contributed by atoms with Crippen LogP contribution in [0.3, 0.4) is 0 Å². The van der Waals surface area contributed by atoms with E-state index in [9.17, 15) is 9.59 Å². The van der Waals surface area contributed by atoms with E-state index < -0.39 is 0 Å². The van der Waals surface area contributed by atoms with Gasteiger partial charge in [-0.3, -0.25) is 14.5 Å². The molecule has 0 bridgehead atoms. The van der Waals surface area contributed by atoms with Crippen LogP contribution in [0.2, 0.25) is 0 Å². The second-order valence-corrected chi connectivity index (χ2v) is 9.60. The molecule has 2 saturated heterocycles. The van der Waals surface area contributed by atoms with E-state index in [0.29, 0.717) is 24.1 Å². The fraction of sp³-hybridized carbons (Fsp3) is 0.538. The molecule has 3 aliphatic rings. The molecule has 1 atom stereocenters. The van der Waals surface area contributed by atoms with Crippen LogP contribution in [0, 0.1) is 5.92 Å². The lowest BCUT2D eigenvalue weighted by Crippen LogP contribution is -2.46. The third-order valence-corrected chi connectivity index (χ3v) is 7.44. The molecule has 2 fully saturated rings. The van der Waals surface area contributed by atoms with Gasteiger partial charge in [0.25, 0.3) is 5.91 Å². The Bertz CT molecular complexity index is 944. The minimum absolute atomic E-state index is 0.00887. The summed E-state index contributed by atoms with van der Waals surface area (Å²) in [6, 6.07) is 12.5. The highest BCUT2D eigenvalue weighted by atomic mass is 16.5. The number of H-pyrrole nitrogens is 1. The van der Waals surface area contributed by atoms with Gasteiger partial charge >= 0.3 is 0 Å². The van der Waals surface area contributed by atoms with Crippen LogP contribution in [0.25, 0.3) is 0 Å². The Morgan fingerprint density at radius 1 is 1.03 bits per heavy atom. The lowest BCUT2D eigenvalue weighted by Gasteiger charge is -2.38. The smallest absolute Gasteiger partial charge is 0.255 e. The van der Waals surface area contributed by atoms with Crippen LogP contribution < -0.4 is 5.56 Å². The summed E-state index contributed by atoms with van der Waals surface area (Å²) in [5.41, 5.74) is 3.38. The van der Waals surface area contributed by atoms with Crippen molar-refractivity contribution in [2.24, 2.45) is 5.92 Å². The Balaban J connectivity index is 1.20. The molecule has 2 aromatic rings. The first kappa shape index (κ1) is 21.4. The Morgan fingerprint density at radius 2 is 1.78 bits per heavy atom. The second kappa shape index (κ2) is 9.59. The highest BCUT2D eigenvalue weighted by molar-refractivity contribution is 5.93. The molecule has 6 heteroatoms. The standard InChI is InChI=1S/C26H33N3O3/c30-25-8-7-22(16-27-25)26(31)29(18-24-6-3-13-32-24)17-19-9-11-28(12-10-19)23-14-20-4-1-2-5-21(20)15-23/h1-2,4-5,7-8,16,19,23-24H,3,6,9-15,17-18H2,(H,27,30)/t24-/m0/s1. The van der Waals surface area contributed by atoms with E-state index in [-0.39, 0.29) is 17.6 Å². The fourth-order valence-corrected chi connectivity index (χ4v) is 5.61. The van der Waals surface area contributed by atoms with Crippen molar-refractivity contribution < 1.29 is 9.53 Å². The van der Waals surface area contributed by atoms with Crippen molar-refractivity contribution >= 4 is 5.91 Å². The van der Waals surface area contributed by atoms with Gasteiger partial charge in [-0.2, -0.15) is 0 Å². The molecule has 6 nitrogen and oxygen atoms in total. The van der Waals surface area contributed by atoms with Crippen LogP contribution >= 0.6 is 0 Å². The topological polar surface area (TPSA) is 65.6 Å². The van der Waals surface area contributed by atoms with Crippen molar-refractivity contribution in [2.75, 3.05) is 32.8 Å². The maximum Gasteiger partial charge on any atom is 0.255 e. The number of likely N-dealkylation sites (tertiary alicyclic amines) is 1. The summed E-state index contributed by atoms with van der Waals surface area (Å²) in [6.45, 7) is 4.38. The lowest BCUT2D eigenvalue weighted by atomic mass is 9.94. The monoisotopic (exact) mass is 435 g/mol. The maximum atomic E-state index is 13.3. The van der Waals surface area contributed by atoms with E-state index in [1.165, 1.54) is 23.4 Å². The van der Waals surface area contributed by atoms with E-state index in [1.54, 1.807) is 6.07 Å². The van der Waals surface area contributed by atoms with Crippen molar-refractivity contribution in [1.29, 1.82) is 0 Å². The van der Waals surface area contributed by atoms with Gasteiger partial charge < -0.3 is 14.6 Å². The number of piperidine rings is 1. The Kier molecular flexibility index (Phi) is 6.42. The number of carbonyl (C=O) groups is 1. The zero-order valence-corrected chi connectivity index (χ0v) is 18.7. The molecule has 0 radical (unpaired) electrons. The Hall–Kier alpha value is -2.44. The summed E-state index contributed by atoms with van der Waals surface area (Å²) in [5.74, 6) is 0.494. The number of aromatic nitrogens is 1. The van der Waals surface area contributed by atoms with Crippen molar-refractivity contribution in [3.8, 4) is 0 Å². The predicted octanol–water partition coefficient (Wildman–Crippen LogP) is 2.88. The maximum absolute atomic E-state index is 13.3. The average Bonchev–Trinajstić information content (AvgIpc) is 3.49. The largest absolute Gasteiger partial charge is 0.376 e. The number of aromatic amines is 1. The molecule has 1 N–H and O–H groups in total. The fourth-order valence-electron chi connectivity index (χ4n) is 5.61. The minimum Gasteiger partial charge on any atom is -0.376 e. The van der Waals surface area contributed by atoms with Crippen LogP contribution in [-0.2, 0) is 17.6 Å². The van der Waals surface area contributed by atoms with Gasteiger partial charge in [-0.05, 0) is 74.7 Å². The number of hydrogen-bond acceptors (Lipinski definition) is 4. The van der Waals surface area contributed by atoms with E-state index >= 15 is 0 Å². The van der Waals surface area contributed by atoms with Crippen LogP contribution in [0.1, 0.15) is 47.2 Å². The van der Waals surface area contributed by atoms with Gasteiger partial charge in [-0.25, -0.2) is 0 Å². The van der Waals surface area contributed by atoms with Gasteiger partial charge in [0.2, 0.25) is 5.56 Å². The molecule has 2 aliphatic heterocycles. The highest BCUT2D eigenvalue weighted by Crippen LogP contribution is 2.29. The van der Waals surface area contributed by atoms with Gasteiger partial charge in [0.15, 0.2) is 0 Å². The summed E-state index contributed by atoms with van der Waals surface area (Å²) in [7, 11) is 0. The molecular formula is C26H33N3O3. The minimum atomic E-state index is -0.186. The Morgan fingerprint density at radius 3 is 2.41 bits per heavy atom. The molecule has 1 amide bonds. The Labute approximate surface area is 189 Å². The number of rotatable bonds is 6. The average molecular weight is 436 g/mol. The molecule has 32 heavy (non-hydrogen) atoms. The molecule has 1 aromatic carbocycles. The van der Waals surface area contributed by atoms with Gasteiger partial charge in [0, 0.05) is 38.0 Å². The zero-order valence-electron chi connectivity index (χ0n) is 18.7. The van der Waals surface area contributed by atoms with Gasteiger partial charge in [-0.1, -0.05) is 24.3 Å². The quantitative estimate of drug-likeness (QED) is 0.758. The summed E-state index contributed by atoms with van der Waals surface area (Å²) in [4.78, 5) is 31.9. The van der Waals surface area contributed by atoms with E-state index in [1.807, 2.05) is 4.90 Å². The van der Waals surface area contributed by atoms with Crippen molar-refractivity contribution in [3.05, 3.63) is 69.6 Å². The second-order valence-electron chi connectivity index (χ2n) is 9.60. The molecule has 0 saturated carbocycles. The third-order valence-electron chi connectivity index (χ3n) is 7.44. The number of nitrogens with zero attached hydrogens (tertiary/aromatic N) is 2. The van der Waals surface area contributed by atoms with Gasteiger partial charge in [0.05, 0.1) is 11.7 Å². The van der Waals surface area contributed by atoms with Gasteiger partial charge in [0.1, 0.15) is 0 Å². The number of benzene rings is 1. The molecule has 3 heterocycles. The van der Waals surface area contributed by atoms with Gasteiger partial charge in [-0.15, -0.1) is 0 Å². The number of pyridine rings is 1. The van der Waals surface area contributed by atoms with Crippen LogP contribution in [0.4, 0.5) is 0 Å². The predicted molar refractivity (Wildman–Crippen MR) is 124 cm³/mol. The third kappa shape index (κ3) is 4.81. The SMILES string of the molecule is O=C(c1ccc(=O)[nH]c1)N(CC1CCN(C2Cc3ccccc3C2)CC1)C[C@@H]1CCCO1. The van der Waals surface area contributed by atoms with Crippen molar-refractivity contribution in [2.45, 2.75) is 50.7 Å². The van der Waals surface area contributed by atoms with Crippen LogP contribution in [-0.4, -0.2) is 65.6 Å². The van der Waals surface area contributed by atoms with E-state index in [2.05, 4.69) is 34.1 Å². The first-order valence-corrected chi connectivity index (χ1v) is 12.1. The molecule has 0 spiro atoms. The van der Waals surface area contributed by atoms with E-state index in [4.69, 9.17) is 4.74 Å². The van der Waals surface area contributed by atoms with Crippen molar-refractivity contribution in [3.63, 3.8) is 0 Å². The molecule has 1 aliphatic carbocycles. The summed E-state index contributed by atoms with van der Waals surface area (Å²) < 4.78 is 5.83. The normalized spacial score (nSPS) is 22.2. The molecule has 0 unspecified atom stereocenters. The van der Waals surface area contributed by atoms with Crippen LogP contribution in [0.5, 0.6) is 0 Å². The number of hydrogen-bond donors (Lipinski definition) is 1. The first-order chi connectivity index (χ1) is 15.7. The number of amides is 1. The van der Waals surface area contributed by atoms with Crippen LogP contribution in [0.15, 0.2) is 47.4 Å². The molecule has 170 valence electrons. The highest BCUT2D eigenvalue weighted by Gasteiger charge is 2.32. The molecule has 5 rings (SSSR count). The number of nitrogens with one attached hydrogen (secondary N) is 1. The summed E-state index contributed by atoms with van der Waals surface area (Å²) >= 11 is 0. The van der Waals surface area contributed by atoms with Crippen molar-refractivity contribution in [1.82, 2.24) is 14.8 Å². The molecular weight excluding hydrogens is 402 g/mol. The number of ether oxygens (including phenoxy) is 1. The zero-order chi connectivity index (χ0) is 21.9. The molecule has 1 aromatic heterocycles. The van der Waals surface area contributed by atoms with E-state index in [0.717, 1.165) is 64.8 Å². The number of carbonyl (C=O) groups excluding carboxylic acids is 1. The summed E-state index contributed by atoms with van der Waals surface area (Å²) in [5, 5.41) is 0. The number of fused-ring (bicyclic) bond motifs is 1.